The van der Waals surface area contributed by atoms with Gasteiger partial charge in [-0.25, -0.2) is 9.59 Å². The number of carboxylic acid groups (broad SMARTS) is 2. The topological polar surface area (TPSA) is 104 Å². The fraction of sp³-hybridized carbons (Fsp3) is 0.471. The summed E-state index contributed by atoms with van der Waals surface area (Å²) >= 11 is 0. The van der Waals surface area contributed by atoms with Crippen LogP contribution >= 0.6 is 0 Å². The van der Waals surface area contributed by atoms with Gasteiger partial charge in [-0.1, -0.05) is 31.4 Å². The van der Waals surface area contributed by atoms with Crippen molar-refractivity contribution in [2.45, 2.75) is 44.6 Å². The third-order valence-corrected chi connectivity index (χ3v) is 4.23. The van der Waals surface area contributed by atoms with Gasteiger partial charge in [0, 0.05) is 12.3 Å². The number of rotatable bonds is 6. The Hall–Kier alpha value is -2.37. The first kappa shape index (κ1) is 17.0. The second-order valence-corrected chi connectivity index (χ2v) is 5.94. The zero-order valence-electron chi connectivity index (χ0n) is 12.8. The Bertz CT molecular complexity index is 575. The predicted molar refractivity (Wildman–Crippen MR) is 83.2 cm³/mol. The minimum Gasteiger partial charge on any atom is -0.480 e. The molecule has 3 N–H and O–H groups in total. The molecule has 23 heavy (non-hydrogen) atoms. The Morgan fingerprint density at radius 3 is 2.17 bits per heavy atom. The largest absolute Gasteiger partial charge is 0.480 e. The van der Waals surface area contributed by atoms with E-state index >= 15 is 0 Å². The number of carboxylic acids is 2. The number of carbonyl (C=O) groups is 3. The van der Waals surface area contributed by atoms with Crippen LogP contribution < -0.4 is 5.32 Å². The number of aliphatic carboxylic acids is 1. The third-order valence-electron chi connectivity index (χ3n) is 4.23. The van der Waals surface area contributed by atoms with Crippen LogP contribution in [0, 0.1) is 5.92 Å². The zero-order chi connectivity index (χ0) is 16.8. The van der Waals surface area contributed by atoms with Crippen LogP contribution in [0.5, 0.6) is 0 Å². The van der Waals surface area contributed by atoms with Gasteiger partial charge >= 0.3 is 11.9 Å². The van der Waals surface area contributed by atoms with Crippen LogP contribution in [0.2, 0.25) is 0 Å². The van der Waals surface area contributed by atoms with Gasteiger partial charge < -0.3 is 15.5 Å². The van der Waals surface area contributed by atoms with Crippen LogP contribution in [-0.4, -0.2) is 34.1 Å². The molecule has 1 aliphatic carbocycles. The summed E-state index contributed by atoms with van der Waals surface area (Å²) in [6, 6.07) is 5.01. The molecule has 1 saturated carbocycles. The normalized spacial score (nSPS) is 16.5. The van der Waals surface area contributed by atoms with Crippen molar-refractivity contribution in [3.05, 3.63) is 35.4 Å². The van der Waals surface area contributed by atoms with Crippen LogP contribution in [0.4, 0.5) is 0 Å². The van der Waals surface area contributed by atoms with Gasteiger partial charge in [0.15, 0.2) is 0 Å². The summed E-state index contributed by atoms with van der Waals surface area (Å²) in [6.45, 7) is 0. The number of hydrogen-bond donors (Lipinski definition) is 3. The highest BCUT2D eigenvalue weighted by atomic mass is 16.4. The fourth-order valence-corrected chi connectivity index (χ4v) is 2.87. The molecule has 0 bridgehead atoms. The van der Waals surface area contributed by atoms with Gasteiger partial charge in [0.05, 0.1) is 5.56 Å². The minimum absolute atomic E-state index is 0.0972. The first-order valence-electron chi connectivity index (χ1n) is 7.83. The highest BCUT2D eigenvalue weighted by molar-refractivity contribution is 5.87. The number of amides is 1. The molecule has 0 aromatic heterocycles. The summed E-state index contributed by atoms with van der Waals surface area (Å²) in [5, 5.41) is 20.8. The van der Waals surface area contributed by atoms with E-state index in [1.54, 1.807) is 12.1 Å². The van der Waals surface area contributed by atoms with Crippen molar-refractivity contribution < 1.29 is 24.6 Å². The molecule has 1 amide bonds. The summed E-state index contributed by atoms with van der Waals surface area (Å²) in [6.07, 6.45) is 4.89. The zero-order valence-corrected chi connectivity index (χ0v) is 12.8. The summed E-state index contributed by atoms with van der Waals surface area (Å²) in [4.78, 5) is 34.4. The van der Waals surface area contributed by atoms with E-state index in [4.69, 9.17) is 5.11 Å². The van der Waals surface area contributed by atoms with E-state index in [1.807, 2.05) is 0 Å². The lowest BCUT2D eigenvalue weighted by atomic mass is 9.88. The predicted octanol–water partition coefficient (Wildman–Crippen LogP) is 2.08. The lowest BCUT2D eigenvalue weighted by molar-refractivity contribution is -0.142. The molecule has 6 nitrogen and oxygen atoms in total. The van der Waals surface area contributed by atoms with Crippen LogP contribution in [0.15, 0.2) is 24.3 Å². The molecule has 1 atom stereocenters. The minimum atomic E-state index is -1.09. The monoisotopic (exact) mass is 319 g/mol. The van der Waals surface area contributed by atoms with Crippen molar-refractivity contribution in [1.82, 2.24) is 5.32 Å². The van der Waals surface area contributed by atoms with Gasteiger partial charge in [0.1, 0.15) is 6.04 Å². The van der Waals surface area contributed by atoms with Gasteiger partial charge in [-0.2, -0.15) is 0 Å². The van der Waals surface area contributed by atoms with Crippen molar-refractivity contribution >= 4 is 17.8 Å². The lowest BCUT2D eigenvalue weighted by Gasteiger charge is -2.23. The fourth-order valence-electron chi connectivity index (χ4n) is 2.87. The van der Waals surface area contributed by atoms with Crippen LogP contribution in [0.3, 0.4) is 0 Å². The highest BCUT2D eigenvalue weighted by Crippen LogP contribution is 2.23. The number of benzene rings is 1. The van der Waals surface area contributed by atoms with Gasteiger partial charge in [-0.3, -0.25) is 4.79 Å². The molecule has 0 heterocycles. The van der Waals surface area contributed by atoms with E-state index < -0.39 is 18.0 Å². The molecular weight excluding hydrogens is 298 g/mol. The molecule has 1 fully saturated rings. The van der Waals surface area contributed by atoms with Crippen LogP contribution in [0.1, 0.15) is 48.0 Å². The molecule has 0 aliphatic heterocycles. The molecule has 0 unspecified atom stereocenters. The molecule has 1 aromatic rings. The Morgan fingerprint density at radius 2 is 1.65 bits per heavy atom. The highest BCUT2D eigenvalue weighted by Gasteiger charge is 2.26. The summed E-state index contributed by atoms with van der Waals surface area (Å²) in [5.74, 6) is -2.41. The molecular formula is C17H21NO5. The first-order chi connectivity index (χ1) is 11.0. The third kappa shape index (κ3) is 4.81. The Labute approximate surface area is 134 Å². The average Bonchev–Trinajstić information content (AvgIpc) is 2.55. The molecule has 2 rings (SSSR count). The molecule has 1 aromatic carbocycles. The lowest BCUT2D eigenvalue weighted by Crippen LogP contribution is -2.45. The second kappa shape index (κ2) is 7.76. The van der Waals surface area contributed by atoms with Crippen LogP contribution in [0.25, 0.3) is 0 Å². The number of nitrogens with one attached hydrogen (secondary N) is 1. The Kier molecular flexibility index (Phi) is 5.73. The van der Waals surface area contributed by atoms with Gasteiger partial charge in [-0.05, 0) is 30.5 Å². The van der Waals surface area contributed by atoms with E-state index in [1.165, 1.54) is 12.1 Å². The molecule has 124 valence electrons. The van der Waals surface area contributed by atoms with Crippen molar-refractivity contribution in [2.24, 2.45) is 5.92 Å². The van der Waals surface area contributed by atoms with E-state index in [0.717, 1.165) is 32.1 Å². The van der Waals surface area contributed by atoms with Crippen LogP contribution in [-0.2, 0) is 16.0 Å². The molecule has 0 saturated heterocycles. The van der Waals surface area contributed by atoms with Gasteiger partial charge in [-0.15, -0.1) is 0 Å². The quantitative estimate of drug-likeness (QED) is 0.745. The maximum Gasteiger partial charge on any atom is 0.335 e. The van der Waals surface area contributed by atoms with E-state index in [9.17, 15) is 19.5 Å². The smallest absolute Gasteiger partial charge is 0.335 e. The molecule has 6 heteroatoms. The van der Waals surface area contributed by atoms with Crippen molar-refractivity contribution in [2.75, 3.05) is 0 Å². The number of carbonyl (C=O) groups excluding carboxylic acids is 1. The van der Waals surface area contributed by atoms with E-state index in [2.05, 4.69) is 5.32 Å². The SMILES string of the molecule is O=C(O)c1ccc(C[C@@H](NC(=O)C2CCCCC2)C(=O)O)cc1. The maximum atomic E-state index is 12.2. The van der Waals surface area contributed by atoms with Crippen molar-refractivity contribution in [3.63, 3.8) is 0 Å². The maximum absolute atomic E-state index is 12.2. The van der Waals surface area contributed by atoms with Crippen molar-refractivity contribution in [1.29, 1.82) is 0 Å². The Balaban J connectivity index is 1.99. The number of hydrogen-bond acceptors (Lipinski definition) is 3. The van der Waals surface area contributed by atoms with Crippen molar-refractivity contribution in [3.8, 4) is 0 Å². The standard InChI is InChI=1S/C17H21NO5/c19-15(12-4-2-1-3-5-12)18-14(17(22)23)10-11-6-8-13(9-7-11)16(20)21/h6-9,12,14H,1-5,10H2,(H,18,19)(H,20,21)(H,22,23)/t14-/m1/s1. The first-order valence-corrected chi connectivity index (χ1v) is 7.83. The molecule has 0 spiro atoms. The Morgan fingerprint density at radius 1 is 1.04 bits per heavy atom. The summed E-state index contributed by atoms with van der Waals surface area (Å²) in [5.41, 5.74) is 0.818. The average molecular weight is 319 g/mol. The second-order valence-electron chi connectivity index (χ2n) is 5.94. The van der Waals surface area contributed by atoms with Gasteiger partial charge in [0.2, 0.25) is 5.91 Å². The summed E-state index contributed by atoms with van der Waals surface area (Å²) in [7, 11) is 0. The van der Waals surface area contributed by atoms with Gasteiger partial charge in [0.25, 0.3) is 0 Å². The number of aromatic carboxylic acids is 1. The van der Waals surface area contributed by atoms with E-state index in [-0.39, 0.29) is 23.8 Å². The van der Waals surface area contributed by atoms with E-state index in [0.29, 0.717) is 5.56 Å². The molecule has 0 radical (unpaired) electrons. The molecule has 1 aliphatic rings. The summed E-state index contributed by atoms with van der Waals surface area (Å²) < 4.78 is 0.